The Morgan fingerprint density at radius 3 is 2.40 bits per heavy atom. The topological polar surface area (TPSA) is 43.9 Å². The van der Waals surface area contributed by atoms with Crippen LogP contribution in [0.1, 0.15) is 33.1 Å². The van der Waals surface area contributed by atoms with Crippen molar-refractivity contribution in [2.75, 3.05) is 44.2 Å². The summed E-state index contributed by atoms with van der Waals surface area (Å²) in [4.78, 5) is 30.7. The monoisotopic (exact) mass is 365 g/mol. The van der Waals surface area contributed by atoms with Crippen molar-refractivity contribution in [1.29, 1.82) is 0 Å². The second kappa shape index (κ2) is 9.66. The summed E-state index contributed by atoms with van der Waals surface area (Å²) in [5.74, 6) is -0.721. The van der Waals surface area contributed by atoms with E-state index in [4.69, 9.17) is 11.6 Å². The molecule has 1 aromatic rings. The maximum absolute atomic E-state index is 12.6. The number of carbonyl (C=O) groups excluding carboxylic acids is 2. The molecule has 0 radical (unpaired) electrons. The van der Waals surface area contributed by atoms with Crippen molar-refractivity contribution in [3.63, 3.8) is 0 Å². The summed E-state index contributed by atoms with van der Waals surface area (Å²) < 4.78 is 0. The minimum absolute atomic E-state index is 0.355. The molecule has 1 aromatic carbocycles. The Hall–Kier alpha value is -1.75. The summed E-state index contributed by atoms with van der Waals surface area (Å²) in [6.45, 7) is 7.97. The summed E-state index contributed by atoms with van der Waals surface area (Å²) in [5.41, 5.74) is 1.06. The molecule has 1 fully saturated rings. The van der Waals surface area contributed by atoms with Crippen molar-refractivity contribution in [1.82, 2.24) is 9.80 Å². The zero-order valence-corrected chi connectivity index (χ0v) is 16.0. The Bertz CT molecular complexity index is 586. The van der Waals surface area contributed by atoms with Crippen LogP contribution in [-0.4, -0.2) is 60.9 Å². The summed E-state index contributed by atoms with van der Waals surface area (Å²) in [7, 11) is 0. The van der Waals surface area contributed by atoms with Gasteiger partial charge < -0.3 is 14.7 Å². The van der Waals surface area contributed by atoms with Crippen LogP contribution in [0, 0.1) is 0 Å². The van der Waals surface area contributed by atoms with E-state index in [-0.39, 0.29) is 11.8 Å². The Labute approximate surface area is 155 Å². The highest BCUT2D eigenvalue weighted by molar-refractivity contribution is 6.35. The second-order valence-corrected chi connectivity index (χ2v) is 6.84. The van der Waals surface area contributed by atoms with E-state index in [1.165, 1.54) is 0 Å². The lowest BCUT2D eigenvalue weighted by atomic mass is 10.2. The number of unbranched alkanes of at least 4 members (excludes halogenated alkanes) is 1. The molecule has 0 aliphatic carbocycles. The first-order valence-electron chi connectivity index (χ1n) is 9.15. The Kier molecular flexibility index (Phi) is 7.56. The molecule has 0 aromatic heterocycles. The summed E-state index contributed by atoms with van der Waals surface area (Å²) in [5, 5.41) is 0.706. The molecule has 1 aliphatic heterocycles. The van der Waals surface area contributed by atoms with Crippen molar-refractivity contribution in [3.05, 3.63) is 29.3 Å². The number of nitrogens with zero attached hydrogens (tertiary/aromatic N) is 3. The third kappa shape index (κ3) is 5.36. The smallest absolute Gasteiger partial charge is 0.312 e. The van der Waals surface area contributed by atoms with Crippen molar-refractivity contribution < 1.29 is 9.59 Å². The average Bonchev–Trinajstić information content (AvgIpc) is 2.64. The number of hydrogen-bond donors (Lipinski definition) is 0. The number of anilines is 1. The molecule has 0 atom stereocenters. The van der Waals surface area contributed by atoms with E-state index in [1.54, 1.807) is 9.80 Å². The van der Waals surface area contributed by atoms with Crippen LogP contribution >= 0.6 is 11.6 Å². The van der Waals surface area contributed by atoms with Crippen molar-refractivity contribution in [3.8, 4) is 0 Å². The largest absolute Gasteiger partial charge is 0.368 e. The van der Waals surface area contributed by atoms with Crippen LogP contribution in [0.15, 0.2) is 24.3 Å². The minimum Gasteiger partial charge on any atom is -0.368 e. The molecule has 2 rings (SSSR count). The van der Waals surface area contributed by atoms with Crippen LogP contribution < -0.4 is 4.90 Å². The first kappa shape index (κ1) is 19.6. The van der Waals surface area contributed by atoms with E-state index in [0.29, 0.717) is 44.3 Å². The number of carbonyl (C=O) groups is 2. The van der Waals surface area contributed by atoms with Crippen LogP contribution in [0.25, 0.3) is 0 Å². The second-order valence-electron chi connectivity index (χ2n) is 6.40. The third-order valence-electron chi connectivity index (χ3n) is 4.49. The van der Waals surface area contributed by atoms with E-state index in [0.717, 1.165) is 24.9 Å². The predicted molar refractivity (Wildman–Crippen MR) is 102 cm³/mol. The van der Waals surface area contributed by atoms with Gasteiger partial charge in [0.05, 0.1) is 0 Å². The number of amides is 2. The maximum Gasteiger partial charge on any atom is 0.312 e. The van der Waals surface area contributed by atoms with Gasteiger partial charge in [0, 0.05) is 50.0 Å². The number of piperazine rings is 1. The van der Waals surface area contributed by atoms with E-state index >= 15 is 0 Å². The molecule has 1 aliphatic rings. The van der Waals surface area contributed by atoms with Gasteiger partial charge in [-0.15, -0.1) is 0 Å². The Morgan fingerprint density at radius 2 is 1.80 bits per heavy atom. The first-order chi connectivity index (χ1) is 12.1. The highest BCUT2D eigenvalue weighted by atomic mass is 35.5. The van der Waals surface area contributed by atoms with E-state index in [1.807, 2.05) is 31.2 Å². The summed E-state index contributed by atoms with van der Waals surface area (Å²) >= 11 is 6.05. The van der Waals surface area contributed by atoms with Crippen LogP contribution in [-0.2, 0) is 9.59 Å². The molecule has 138 valence electrons. The Balaban J connectivity index is 1.92. The normalized spacial score (nSPS) is 14.5. The molecule has 0 N–H and O–H groups in total. The van der Waals surface area contributed by atoms with Crippen LogP contribution in [0.2, 0.25) is 5.02 Å². The fraction of sp³-hybridized carbons (Fsp3) is 0.579. The fourth-order valence-electron chi connectivity index (χ4n) is 3.04. The molecule has 5 nitrogen and oxygen atoms in total. The van der Waals surface area contributed by atoms with E-state index < -0.39 is 0 Å². The molecule has 1 saturated heterocycles. The van der Waals surface area contributed by atoms with Gasteiger partial charge in [-0.25, -0.2) is 0 Å². The lowest BCUT2D eigenvalue weighted by Crippen LogP contribution is -2.53. The molecular formula is C19H28ClN3O2. The van der Waals surface area contributed by atoms with Gasteiger partial charge in [-0.05, 0) is 31.0 Å². The van der Waals surface area contributed by atoms with Gasteiger partial charge in [-0.2, -0.15) is 0 Å². The number of hydrogen-bond acceptors (Lipinski definition) is 3. The standard InChI is InChI=1S/C19H28ClN3O2/c1-3-5-10-22(9-4-2)18(24)19(25)23-13-11-21(12-14-23)17-8-6-7-16(20)15-17/h6-8,15H,3-5,9-14H2,1-2H3. The predicted octanol–water partition coefficient (Wildman–Crippen LogP) is 3.03. The lowest BCUT2D eigenvalue weighted by Gasteiger charge is -2.36. The Morgan fingerprint density at radius 1 is 1.08 bits per heavy atom. The van der Waals surface area contributed by atoms with E-state index in [2.05, 4.69) is 11.8 Å². The molecule has 0 bridgehead atoms. The number of benzene rings is 1. The molecule has 0 saturated carbocycles. The van der Waals surface area contributed by atoms with Gasteiger partial charge in [-0.3, -0.25) is 9.59 Å². The fourth-order valence-corrected chi connectivity index (χ4v) is 3.23. The van der Waals surface area contributed by atoms with Crippen LogP contribution in [0.5, 0.6) is 0 Å². The molecule has 1 heterocycles. The van der Waals surface area contributed by atoms with Gasteiger partial charge in [-0.1, -0.05) is 37.9 Å². The zero-order chi connectivity index (χ0) is 18.2. The highest BCUT2D eigenvalue weighted by Gasteiger charge is 2.29. The van der Waals surface area contributed by atoms with E-state index in [9.17, 15) is 9.59 Å². The van der Waals surface area contributed by atoms with Gasteiger partial charge in [0.15, 0.2) is 0 Å². The molecule has 25 heavy (non-hydrogen) atoms. The van der Waals surface area contributed by atoms with Crippen molar-refractivity contribution >= 4 is 29.1 Å². The van der Waals surface area contributed by atoms with Gasteiger partial charge in [0.2, 0.25) is 0 Å². The zero-order valence-electron chi connectivity index (χ0n) is 15.2. The maximum atomic E-state index is 12.6. The van der Waals surface area contributed by atoms with Gasteiger partial charge in [0.1, 0.15) is 0 Å². The first-order valence-corrected chi connectivity index (χ1v) is 9.53. The van der Waals surface area contributed by atoms with Crippen molar-refractivity contribution in [2.45, 2.75) is 33.1 Å². The molecular weight excluding hydrogens is 338 g/mol. The molecule has 0 unspecified atom stereocenters. The highest BCUT2D eigenvalue weighted by Crippen LogP contribution is 2.20. The quantitative estimate of drug-likeness (QED) is 0.728. The number of rotatable bonds is 6. The van der Waals surface area contributed by atoms with Crippen molar-refractivity contribution in [2.24, 2.45) is 0 Å². The number of halogens is 1. The van der Waals surface area contributed by atoms with Crippen LogP contribution in [0.4, 0.5) is 5.69 Å². The molecule has 2 amide bonds. The van der Waals surface area contributed by atoms with Gasteiger partial charge in [0.25, 0.3) is 0 Å². The summed E-state index contributed by atoms with van der Waals surface area (Å²) in [6.07, 6.45) is 2.81. The minimum atomic E-state index is -0.365. The summed E-state index contributed by atoms with van der Waals surface area (Å²) in [6, 6.07) is 7.72. The third-order valence-corrected chi connectivity index (χ3v) is 4.72. The molecule has 6 heteroatoms. The van der Waals surface area contributed by atoms with Crippen LogP contribution in [0.3, 0.4) is 0 Å². The lowest BCUT2D eigenvalue weighted by molar-refractivity contribution is -0.152. The average molecular weight is 366 g/mol. The molecule has 0 spiro atoms. The van der Waals surface area contributed by atoms with Gasteiger partial charge >= 0.3 is 11.8 Å². The SMILES string of the molecule is CCCCN(CCC)C(=O)C(=O)N1CCN(c2cccc(Cl)c2)CC1.